The quantitative estimate of drug-likeness (QED) is 0.904. The Labute approximate surface area is 115 Å². The lowest BCUT2D eigenvalue weighted by atomic mass is 10.2. The van der Waals surface area contributed by atoms with Gasteiger partial charge in [0.05, 0.1) is 7.11 Å². The van der Waals surface area contributed by atoms with Crippen molar-refractivity contribution < 1.29 is 14.1 Å². The van der Waals surface area contributed by atoms with Gasteiger partial charge in [-0.25, -0.2) is 4.63 Å². The molecule has 2 rings (SSSR count). The first-order chi connectivity index (χ1) is 9.15. The van der Waals surface area contributed by atoms with Gasteiger partial charge in [-0.05, 0) is 13.0 Å². The largest absolute Gasteiger partial charge is 0.493 e. The van der Waals surface area contributed by atoms with Crippen molar-refractivity contribution in [1.82, 2.24) is 10.3 Å². The van der Waals surface area contributed by atoms with Gasteiger partial charge in [0.25, 0.3) is 0 Å². The molecule has 0 amide bonds. The summed E-state index contributed by atoms with van der Waals surface area (Å²) in [6, 6.07) is 3.41. The van der Waals surface area contributed by atoms with Gasteiger partial charge in [0, 0.05) is 23.2 Å². The van der Waals surface area contributed by atoms with E-state index >= 15 is 0 Å². The highest BCUT2D eigenvalue weighted by molar-refractivity contribution is 6.30. The van der Waals surface area contributed by atoms with Crippen LogP contribution in [0.25, 0.3) is 0 Å². The van der Waals surface area contributed by atoms with E-state index in [0.29, 0.717) is 34.5 Å². The van der Waals surface area contributed by atoms with Gasteiger partial charge in [-0.3, -0.25) is 0 Å². The highest BCUT2D eigenvalue weighted by atomic mass is 35.5. The molecule has 0 aliphatic heterocycles. The van der Waals surface area contributed by atoms with Crippen LogP contribution < -0.4 is 15.2 Å². The number of aromatic nitrogens is 2. The van der Waals surface area contributed by atoms with Crippen LogP contribution in [0.1, 0.15) is 17.0 Å². The number of hydrogen-bond donors (Lipinski definition) is 1. The van der Waals surface area contributed by atoms with Crippen LogP contribution in [0.4, 0.5) is 0 Å². The maximum atomic E-state index is 5.98. The van der Waals surface area contributed by atoms with Gasteiger partial charge in [-0.1, -0.05) is 21.9 Å². The van der Waals surface area contributed by atoms with Gasteiger partial charge in [0.1, 0.15) is 18.0 Å². The van der Waals surface area contributed by atoms with Gasteiger partial charge >= 0.3 is 0 Å². The predicted octanol–water partition coefficient (Wildman–Crippen LogP) is 2.08. The zero-order chi connectivity index (χ0) is 13.8. The number of halogens is 1. The summed E-state index contributed by atoms with van der Waals surface area (Å²) in [5.41, 5.74) is 7.75. The molecule has 0 fully saturated rings. The fraction of sp³-hybridized carbons (Fsp3) is 0.333. The molecule has 102 valence electrons. The van der Waals surface area contributed by atoms with Crippen molar-refractivity contribution in [2.75, 3.05) is 7.11 Å². The number of benzene rings is 1. The Morgan fingerprint density at radius 1 is 1.37 bits per heavy atom. The van der Waals surface area contributed by atoms with E-state index in [9.17, 15) is 0 Å². The molecule has 0 bridgehead atoms. The third-order valence-electron chi connectivity index (χ3n) is 2.64. The molecule has 2 N–H and O–H groups in total. The van der Waals surface area contributed by atoms with Gasteiger partial charge < -0.3 is 15.2 Å². The molecule has 0 spiro atoms. The SMILES string of the molecule is COc1cc(Cl)cc(CN)c1OCc1nonc1C. The molecule has 0 saturated heterocycles. The first kappa shape index (κ1) is 13.6. The van der Waals surface area contributed by atoms with Crippen LogP contribution in [0.2, 0.25) is 5.02 Å². The molecule has 0 atom stereocenters. The van der Waals surface area contributed by atoms with E-state index in [4.69, 9.17) is 26.8 Å². The number of rotatable bonds is 5. The standard InChI is InChI=1S/C12H14ClN3O3/c1-7-10(16-19-15-7)6-18-12-8(5-14)3-9(13)4-11(12)17-2/h3-4H,5-6,14H2,1-2H3. The van der Waals surface area contributed by atoms with Gasteiger partial charge in [0.15, 0.2) is 11.5 Å². The van der Waals surface area contributed by atoms with Crippen LogP contribution in [0.3, 0.4) is 0 Å². The predicted molar refractivity (Wildman–Crippen MR) is 69.3 cm³/mol. The Morgan fingerprint density at radius 3 is 2.74 bits per heavy atom. The first-order valence-electron chi connectivity index (χ1n) is 5.63. The van der Waals surface area contributed by atoms with Crippen molar-refractivity contribution in [3.05, 3.63) is 34.1 Å². The second-order valence-electron chi connectivity index (χ2n) is 3.89. The minimum Gasteiger partial charge on any atom is -0.493 e. The van der Waals surface area contributed by atoms with Gasteiger partial charge in [-0.2, -0.15) is 0 Å². The topological polar surface area (TPSA) is 83.4 Å². The van der Waals surface area contributed by atoms with Crippen LogP contribution in [-0.2, 0) is 13.2 Å². The maximum absolute atomic E-state index is 5.98. The van der Waals surface area contributed by atoms with Crippen LogP contribution in [-0.4, -0.2) is 17.4 Å². The summed E-state index contributed by atoms with van der Waals surface area (Å²) < 4.78 is 15.6. The van der Waals surface area contributed by atoms with Gasteiger partial charge in [-0.15, -0.1) is 0 Å². The molecule has 6 nitrogen and oxygen atoms in total. The summed E-state index contributed by atoms with van der Waals surface area (Å²) in [6.45, 7) is 2.31. The Bertz CT molecular complexity index is 546. The zero-order valence-electron chi connectivity index (χ0n) is 10.6. The van der Waals surface area contributed by atoms with Crippen molar-refractivity contribution in [3.63, 3.8) is 0 Å². The second kappa shape index (κ2) is 5.90. The van der Waals surface area contributed by atoms with Crippen molar-refractivity contribution in [2.24, 2.45) is 5.73 Å². The van der Waals surface area contributed by atoms with E-state index in [1.54, 1.807) is 26.2 Å². The number of nitrogens with zero attached hydrogens (tertiary/aromatic N) is 2. The average molecular weight is 284 g/mol. The molecule has 7 heteroatoms. The fourth-order valence-corrected chi connectivity index (χ4v) is 1.84. The van der Waals surface area contributed by atoms with Crippen molar-refractivity contribution in [3.8, 4) is 11.5 Å². The monoisotopic (exact) mass is 283 g/mol. The lowest BCUT2D eigenvalue weighted by Crippen LogP contribution is -2.05. The maximum Gasteiger partial charge on any atom is 0.166 e. The third-order valence-corrected chi connectivity index (χ3v) is 2.85. The molecule has 0 saturated carbocycles. The summed E-state index contributed by atoms with van der Waals surface area (Å²) in [4.78, 5) is 0. The number of hydrogen-bond acceptors (Lipinski definition) is 6. The Balaban J connectivity index is 2.26. The number of nitrogens with two attached hydrogens (primary N) is 1. The van der Waals surface area contributed by atoms with E-state index in [-0.39, 0.29) is 6.61 Å². The normalized spacial score (nSPS) is 10.5. The number of methoxy groups -OCH3 is 1. The van der Waals surface area contributed by atoms with Crippen molar-refractivity contribution in [1.29, 1.82) is 0 Å². The molecule has 19 heavy (non-hydrogen) atoms. The minimum absolute atomic E-state index is 0.223. The highest BCUT2D eigenvalue weighted by Gasteiger charge is 2.14. The van der Waals surface area contributed by atoms with E-state index in [2.05, 4.69) is 14.9 Å². The van der Waals surface area contributed by atoms with Crippen LogP contribution in [0.5, 0.6) is 11.5 Å². The third kappa shape index (κ3) is 2.97. The Morgan fingerprint density at radius 2 is 2.16 bits per heavy atom. The average Bonchev–Trinajstić information content (AvgIpc) is 2.81. The van der Waals surface area contributed by atoms with Gasteiger partial charge in [0.2, 0.25) is 0 Å². The molecule has 0 unspecified atom stereocenters. The molecule has 0 radical (unpaired) electrons. The lowest BCUT2D eigenvalue weighted by molar-refractivity contribution is 0.258. The summed E-state index contributed by atoms with van der Waals surface area (Å²) in [5, 5.41) is 7.98. The molecule has 2 aromatic rings. The fourth-order valence-electron chi connectivity index (χ4n) is 1.61. The first-order valence-corrected chi connectivity index (χ1v) is 6.00. The summed E-state index contributed by atoms with van der Waals surface area (Å²) >= 11 is 5.98. The van der Waals surface area contributed by atoms with E-state index in [1.165, 1.54) is 0 Å². The molecule has 1 heterocycles. The number of ether oxygens (including phenoxy) is 2. The summed E-state index contributed by atoms with van der Waals surface area (Å²) in [5.74, 6) is 1.08. The summed E-state index contributed by atoms with van der Waals surface area (Å²) in [7, 11) is 1.54. The summed E-state index contributed by atoms with van der Waals surface area (Å²) in [6.07, 6.45) is 0. The van der Waals surface area contributed by atoms with Crippen molar-refractivity contribution >= 4 is 11.6 Å². The molecule has 0 aliphatic carbocycles. The van der Waals surface area contributed by atoms with E-state index < -0.39 is 0 Å². The molecule has 1 aromatic heterocycles. The van der Waals surface area contributed by atoms with Crippen molar-refractivity contribution in [2.45, 2.75) is 20.1 Å². The zero-order valence-corrected chi connectivity index (χ0v) is 11.4. The minimum atomic E-state index is 0.223. The Kier molecular flexibility index (Phi) is 4.24. The highest BCUT2D eigenvalue weighted by Crippen LogP contribution is 2.35. The van der Waals surface area contributed by atoms with E-state index in [0.717, 1.165) is 5.56 Å². The lowest BCUT2D eigenvalue weighted by Gasteiger charge is -2.14. The van der Waals surface area contributed by atoms with Crippen LogP contribution in [0, 0.1) is 6.92 Å². The molecule has 1 aromatic carbocycles. The number of aryl methyl sites for hydroxylation is 1. The van der Waals surface area contributed by atoms with Crippen LogP contribution in [0.15, 0.2) is 16.8 Å². The smallest absolute Gasteiger partial charge is 0.166 e. The molecule has 0 aliphatic rings. The second-order valence-corrected chi connectivity index (χ2v) is 4.32. The molecular formula is C12H14ClN3O3. The Hall–Kier alpha value is -1.79. The van der Waals surface area contributed by atoms with E-state index in [1.807, 2.05) is 0 Å². The van der Waals surface area contributed by atoms with Crippen LogP contribution >= 0.6 is 11.6 Å². The molecular weight excluding hydrogens is 270 g/mol.